The lowest BCUT2D eigenvalue weighted by Crippen LogP contribution is -2.38. The van der Waals surface area contributed by atoms with Gasteiger partial charge in [0, 0.05) is 12.1 Å². The number of rotatable bonds is 7. The Kier molecular flexibility index (Phi) is 7.34. The molecule has 0 saturated heterocycles. The number of carbonyl (C=O) groups excluding carboxylic acids is 2. The van der Waals surface area contributed by atoms with Gasteiger partial charge in [0.15, 0.2) is 0 Å². The summed E-state index contributed by atoms with van der Waals surface area (Å²) in [5, 5.41) is 11.0. The van der Waals surface area contributed by atoms with E-state index in [1.165, 1.54) is 13.8 Å². The lowest BCUT2D eigenvalue weighted by molar-refractivity contribution is -0.385. The van der Waals surface area contributed by atoms with Crippen molar-refractivity contribution in [3.8, 4) is 11.5 Å². The maximum absolute atomic E-state index is 12.8. The second kappa shape index (κ2) is 9.43. The molecule has 0 heterocycles. The van der Waals surface area contributed by atoms with Gasteiger partial charge in [0.1, 0.15) is 17.1 Å². The van der Waals surface area contributed by atoms with Crippen molar-refractivity contribution in [1.82, 2.24) is 0 Å². The van der Waals surface area contributed by atoms with E-state index >= 15 is 0 Å². The largest absolute Gasteiger partial charge is 0.463 e. The van der Waals surface area contributed by atoms with Gasteiger partial charge < -0.3 is 14.2 Å². The molecular formula is C20H17ClF3NO7. The predicted molar refractivity (Wildman–Crippen MR) is 106 cm³/mol. The van der Waals surface area contributed by atoms with Crippen LogP contribution in [0.2, 0.25) is 5.02 Å². The lowest BCUT2D eigenvalue weighted by Gasteiger charge is -2.22. The van der Waals surface area contributed by atoms with E-state index in [-0.39, 0.29) is 23.1 Å². The number of alkyl halides is 3. The fourth-order valence-corrected chi connectivity index (χ4v) is 2.64. The van der Waals surface area contributed by atoms with Crippen LogP contribution < -0.4 is 4.74 Å². The van der Waals surface area contributed by atoms with Crippen molar-refractivity contribution >= 4 is 29.2 Å². The number of esters is 2. The summed E-state index contributed by atoms with van der Waals surface area (Å²) in [4.78, 5) is 35.0. The van der Waals surface area contributed by atoms with Crippen molar-refractivity contribution in [2.75, 3.05) is 6.61 Å². The minimum absolute atomic E-state index is 0.0250. The minimum Gasteiger partial charge on any atom is -0.463 e. The predicted octanol–water partition coefficient (Wildman–Crippen LogP) is 5.56. The molecule has 12 heteroatoms. The van der Waals surface area contributed by atoms with E-state index in [1.54, 1.807) is 6.92 Å². The van der Waals surface area contributed by atoms with Gasteiger partial charge in [0.2, 0.25) is 5.60 Å². The first-order valence-electron chi connectivity index (χ1n) is 9.00. The van der Waals surface area contributed by atoms with Gasteiger partial charge in [-0.2, -0.15) is 13.2 Å². The molecule has 0 N–H and O–H groups in total. The Balaban J connectivity index is 2.37. The van der Waals surface area contributed by atoms with Crippen LogP contribution >= 0.6 is 11.6 Å². The Morgan fingerprint density at radius 2 is 1.78 bits per heavy atom. The highest BCUT2D eigenvalue weighted by Crippen LogP contribution is 2.37. The zero-order chi connectivity index (χ0) is 24.3. The molecule has 0 atom stereocenters. The van der Waals surface area contributed by atoms with Crippen LogP contribution in [0.5, 0.6) is 11.5 Å². The average molecular weight is 476 g/mol. The molecule has 0 fully saturated rings. The van der Waals surface area contributed by atoms with E-state index in [0.717, 1.165) is 30.3 Å². The first-order valence-corrected chi connectivity index (χ1v) is 9.37. The third kappa shape index (κ3) is 5.88. The van der Waals surface area contributed by atoms with Crippen LogP contribution in [0.3, 0.4) is 0 Å². The number of hydrogen-bond acceptors (Lipinski definition) is 7. The Morgan fingerprint density at radius 3 is 2.31 bits per heavy atom. The Bertz CT molecular complexity index is 1050. The summed E-state index contributed by atoms with van der Waals surface area (Å²) >= 11 is 5.84. The van der Waals surface area contributed by atoms with E-state index in [4.69, 9.17) is 25.8 Å². The summed E-state index contributed by atoms with van der Waals surface area (Å²) in [5.41, 5.74) is -3.92. The molecule has 0 aliphatic rings. The second-order valence-corrected chi connectivity index (χ2v) is 7.21. The van der Waals surface area contributed by atoms with Gasteiger partial charge in [0.25, 0.3) is 5.69 Å². The maximum Gasteiger partial charge on any atom is 0.416 e. The van der Waals surface area contributed by atoms with Crippen LogP contribution in [-0.2, 0) is 20.4 Å². The van der Waals surface area contributed by atoms with Crippen molar-refractivity contribution in [3.05, 3.63) is 62.7 Å². The molecule has 0 spiro atoms. The van der Waals surface area contributed by atoms with Crippen LogP contribution in [0.1, 0.15) is 36.7 Å². The van der Waals surface area contributed by atoms with Gasteiger partial charge in [-0.25, -0.2) is 9.59 Å². The Hall–Kier alpha value is -3.34. The van der Waals surface area contributed by atoms with Crippen LogP contribution in [0.4, 0.5) is 18.9 Å². The monoisotopic (exact) mass is 475 g/mol. The molecule has 0 aromatic heterocycles. The highest BCUT2D eigenvalue weighted by atomic mass is 35.5. The molecule has 0 unspecified atom stereocenters. The van der Waals surface area contributed by atoms with Gasteiger partial charge in [-0.3, -0.25) is 10.1 Å². The van der Waals surface area contributed by atoms with E-state index in [2.05, 4.69) is 0 Å². The summed E-state index contributed by atoms with van der Waals surface area (Å²) < 4.78 is 53.6. The number of nitro benzene ring substituents is 1. The molecule has 0 aliphatic heterocycles. The highest BCUT2D eigenvalue weighted by molar-refractivity contribution is 6.32. The third-order valence-electron chi connectivity index (χ3n) is 3.99. The van der Waals surface area contributed by atoms with Crippen LogP contribution in [0, 0.1) is 10.1 Å². The highest BCUT2D eigenvalue weighted by Gasteiger charge is 2.36. The van der Waals surface area contributed by atoms with Gasteiger partial charge in [-0.15, -0.1) is 0 Å². The average Bonchev–Trinajstić information content (AvgIpc) is 2.68. The maximum atomic E-state index is 12.8. The van der Waals surface area contributed by atoms with Crippen molar-refractivity contribution in [3.63, 3.8) is 0 Å². The Morgan fingerprint density at radius 1 is 1.12 bits per heavy atom. The summed E-state index contributed by atoms with van der Waals surface area (Å²) in [5.74, 6) is -2.39. The van der Waals surface area contributed by atoms with Crippen LogP contribution in [0.25, 0.3) is 0 Å². The first-order chi connectivity index (χ1) is 14.8. The van der Waals surface area contributed by atoms with Crippen LogP contribution in [-0.4, -0.2) is 29.1 Å². The standard InChI is InChI=1S/C20H17ClF3NO7/c1-4-30-18(27)19(2,3)32-17(26)13-10-12(6-7-15(13)25(28)29)31-16-8-5-11(9-14(16)21)20(22,23)24/h5-10H,4H2,1-3H3. The number of nitro groups is 1. The number of halogens is 4. The quantitative estimate of drug-likeness (QED) is 0.293. The third-order valence-corrected chi connectivity index (χ3v) is 4.28. The number of ether oxygens (including phenoxy) is 3. The molecule has 172 valence electrons. The first kappa shape index (κ1) is 24.9. The van der Waals surface area contributed by atoms with Crippen molar-refractivity contribution < 1.29 is 41.9 Å². The van der Waals surface area contributed by atoms with E-state index in [0.29, 0.717) is 6.07 Å². The number of nitrogens with zero attached hydrogens (tertiary/aromatic N) is 1. The topological polar surface area (TPSA) is 105 Å². The Labute approximate surface area is 185 Å². The molecule has 0 saturated carbocycles. The fourth-order valence-electron chi connectivity index (χ4n) is 2.42. The van der Waals surface area contributed by atoms with Gasteiger partial charge >= 0.3 is 18.1 Å². The van der Waals surface area contributed by atoms with E-state index in [1.807, 2.05) is 0 Å². The lowest BCUT2D eigenvalue weighted by atomic mass is 10.1. The molecule has 2 aromatic rings. The molecule has 0 bridgehead atoms. The molecule has 0 amide bonds. The van der Waals surface area contributed by atoms with Crippen molar-refractivity contribution in [1.29, 1.82) is 0 Å². The van der Waals surface area contributed by atoms with Crippen molar-refractivity contribution in [2.45, 2.75) is 32.5 Å². The molecule has 2 aromatic carbocycles. The summed E-state index contributed by atoms with van der Waals surface area (Å²) in [7, 11) is 0. The van der Waals surface area contributed by atoms with Crippen LogP contribution in [0.15, 0.2) is 36.4 Å². The van der Waals surface area contributed by atoms with Gasteiger partial charge in [-0.05, 0) is 45.0 Å². The van der Waals surface area contributed by atoms with Crippen molar-refractivity contribution in [2.24, 2.45) is 0 Å². The molecule has 0 radical (unpaired) electrons. The summed E-state index contributed by atoms with van der Waals surface area (Å²) in [6.07, 6.45) is -4.61. The fraction of sp³-hybridized carbons (Fsp3) is 0.300. The number of carbonyl (C=O) groups is 2. The number of benzene rings is 2. The van der Waals surface area contributed by atoms with Gasteiger partial charge in [-0.1, -0.05) is 11.6 Å². The summed E-state index contributed by atoms with van der Waals surface area (Å²) in [6.45, 7) is 4.07. The zero-order valence-electron chi connectivity index (χ0n) is 17.0. The number of hydrogen-bond donors (Lipinski definition) is 0. The van der Waals surface area contributed by atoms with E-state index in [9.17, 15) is 32.9 Å². The van der Waals surface area contributed by atoms with E-state index < -0.39 is 45.5 Å². The van der Waals surface area contributed by atoms with Gasteiger partial charge in [0.05, 0.1) is 22.1 Å². The SMILES string of the molecule is CCOC(=O)C(C)(C)OC(=O)c1cc(Oc2ccc(C(F)(F)F)cc2Cl)ccc1[N+](=O)[O-]. The summed E-state index contributed by atoms with van der Waals surface area (Å²) in [6, 6.07) is 5.38. The minimum atomic E-state index is -4.61. The normalized spacial score (nSPS) is 11.6. The smallest absolute Gasteiger partial charge is 0.416 e. The molecule has 8 nitrogen and oxygen atoms in total. The molecule has 0 aliphatic carbocycles. The second-order valence-electron chi connectivity index (χ2n) is 6.80. The molecular weight excluding hydrogens is 459 g/mol. The zero-order valence-corrected chi connectivity index (χ0v) is 17.7. The molecule has 32 heavy (non-hydrogen) atoms. The molecule has 2 rings (SSSR count).